The standard InChI is InChI=1S/C16H23ClN2O2/c1-3-11-5-7-19(8-6-11)15-13(16(20)21-4-2)9-12(18)10-14(15)17/h9-11H,3-8,18H2,1-2H3. The van der Waals surface area contributed by atoms with Crippen LogP contribution in [0.5, 0.6) is 0 Å². The SMILES string of the molecule is CCOC(=O)c1cc(N)cc(Cl)c1N1CCC(CC)CC1. The lowest BCUT2D eigenvalue weighted by atomic mass is 9.93. The number of rotatable bonds is 4. The summed E-state index contributed by atoms with van der Waals surface area (Å²) in [7, 11) is 0. The Morgan fingerprint density at radius 2 is 2.05 bits per heavy atom. The van der Waals surface area contributed by atoms with Gasteiger partial charge in [-0.3, -0.25) is 0 Å². The predicted octanol–water partition coefficient (Wildman–Crippen LogP) is 3.73. The van der Waals surface area contributed by atoms with Crippen LogP contribution in [0.3, 0.4) is 0 Å². The first-order valence-corrected chi connectivity index (χ1v) is 7.95. The van der Waals surface area contributed by atoms with Crippen LogP contribution in [0.25, 0.3) is 0 Å². The van der Waals surface area contributed by atoms with E-state index in [9.17, 15) is 4.79 Å². The van der Waals surface area contributed by atoms with Gasteiger partial charge in [-0.1, -0.05) is 24.9 Å². The molecule has 2 N–H and O–H groups in total. The largest absolute Gasteiger partial charge is 0.462 e. The first kappa shape index (κ1) is 16.0. The van der Waals surface area contributed by atoms with Gasteiger partial charge in [0.15, 0.2) is 0 Å². The second-order valence-electron chi connectivity index (χ2n) is 5.46. The summed E-state index contributed by atoms with van der Waals surface area (Å²) < 4.78 is 5.13. The molecule has 0 radical (unpaired) electrons. The second kappa shape index (κ2) is 7.03. The molecule has 1 fully saturated rings. The molecule has 2 rings (SSSR count). The summed E-state index contributed by atoms with van der Waals surface area (Å²) >= 11 is 6.35. The van der Waals surface area contributed by atoms with Crippen molar-refractivity contribution >= 4 is 28.9 Å². The number of ether oxygens (including phenoxy) is 1. The van der Waals surface area contributed by atoms with E-state index in [0.29, 0.717) is 22.9 Å². The summed E-state index contributed by atoms with van der Waals surface area (Å²) in [5.41, 5.74) is 7.54. The fourth-order valence-corrected chi connectivity index (χ4v) is 3.22. The van der Waals surface area contributed by atoms with Crippen molar-refractivity contribution in [1.82, 2.24) is 0 Å². The number of nitrogen functional groups attached to an aromatic ring is 1. The Balaban J connectivity index is 2.31. The first-order chi connectivity index (χ1) is 10.1. The van der Waals surface area contributed by atoms with Crippen LogP contribution in [0.4, 0.5) is 11.4 Å². The number of esters is 1. The molecule has 1 aromatic carbocycles. The fraction of sp³-hybridized carbons (Fsp3) is 0.562. The number of nitrogens with two attached hydrogens (primary N) is 1. The van der Waals surface area contributed by atoms with Crippen LogP contribution >= 0.6 is 11.6 Å². The van der Waals surface area contributed by atoms with Gasteiger partial charge in [-0.25, -0.2) is 4.79 Å². The molecule has 0 aromatic heterocycles. The maximum absolute atomic E-state index is 12.2. The maximum Gasteiger partial charge on any atom is 0.340 e. The highest BCUT2D eigenvalue weighted by Crippen LogP contribution is 2.35. The van der Waals surface area contributed by atoms with Crippen molar-refractivity contribution in [3.63, 3.8) is 0 Å². The second-order valence-corrected chi connectivity index (χ2v) is 5.87. The van der Waals surface area contributed by atoms with Crippen LogP contribution in [0.15, 0.2) is 12.1 Å². The number of nitrogens with zero attached hydrogens (tertiary/aromatic N) is 1. The summed E-state index contributed by atoms with van der Waals surface area (Å²) in [5, 5.41) is 0.521. The minimum absolute atomic E-state index is 0.336. The monoisotopic (exact) mass is 310 g/mol. The average Bonchev–Trinajstić information content (AvgIpc) is 2.47. The lowest BCUT2D eigenvalue weighted by molar-refractivity contribution is 0.0527. The third-order valence-corrected chi connectivity index (χ3v) is 4.38. The Bertz CT molecular complexity index is 511. The van der Waals surface area contributed by atoms with Crippen molar-refractivity contribution in [1.29, 1.82) is 0 Å². The number of carbonyl (C=O) groups excluding carboxylic acids is 1. The molecule has 1 heterocycles. The first-order valence-electron chi connectivity index (χ1n) is 7.57. The highest BCUT2D eigenvalue weighted by molar-refractivity contribution is 6.34. The summed E-state index contributed by atoms with van der Waals surface area (Å²) in [6, 6.07) is 3.36. The molecule has 116 valence electrons. The van der Waals surface area contributed by atoms with E-state index in [1.165, 1.54) is 6.42 Å². The molecule has 0 unspecified atom stereocenters. The lowest BCUT2D eigenvalue weighted by Crippen LogP contribution is -2.34. The number of piperidine rings is 1. The zero-order valence-electron chi connectivity index (χ0n) is 12.7. The van der Waals surface area contributed by atoms with Crippen LogP contribution < -0.4 is 10.6 Å². The van der Waals surface area contributed by atoms with Crippen LogP contribution in [0.2, 0.25) is 5.02 Å². The average molecular weight is 311 g/mol. The van der Waals surface area contributed by atoms with Crippen molar-refractivity contribution in [3.8, 4) is 0 Å². The van der Waals surface area contributed by atoms with E-state index >= 15 is 0 Å². The van der Waals surface area contributed by atoms with Crippen LogP contribution in [0.1, 0.15) is 43.5 Å². The molecule has 0 bridgehead atoms. The number of hydrogen-bond donors (Lipinski definition) is 1. The van der Waals surface area contributed by atoms with Gasteiger partial charge in [-0.15, -0.1) is 0 Å². The molecule has 0 amide bonds. The molecule has 0 aliphatic carbocycles. The molecule has 5 heteroatoms. The van der Waals surface area contributed by atoms with Gasteiger partial charge >= 0.3 is 5.97 Å². The molecule has 4 nitrogen and oxygen atoms in total. The van der Waals surface area contributed by atoms with Gasteiger partial charge in [-0.2, -0.15) is 0 Å². The third-order valence-electron chi connectivity index (χ3n) is 4.09. The Kier molecular flexibility index (Phi) is 5.34. The van der Waals surface area contributed by atoms with Gasteiger partial charge < -0.3 is 15.4 Å². The molecular formula is C16H23ClN2O2. The third kappa shape index (κ3) is 3.62. The Morgan fingerprint density at radius 1 is 1.38 bits per heavy atom. The Labute approximate surface area is 131 Å². The lowest BCUT2D eigenvalue weighted by Gasteiger charge is -2.34. The van der Waals surface area contributed by atoms with Crippen LogP contribution in [0, 0.1) is 5.92 Å². The Hall–Kier alpha value is -1.42. The topological polar surface area (TPSA) is 55.6 Å². The molecule has 1 aromatic rings. The van der Waals surface area contributed by atoms with Gasteiger partial charge in [0, 0.05) is 18.8 Å². The van der Waals surface area contributed by atoms with Gasteiger partial charge in [0.05, 0.1) is 22.9 Å². The smallest absolute Gasteiger partial charge is 0.340 e. The van der Waals surface area contributed by atoms with Gasteiger partial charge in [0.1, 0.15) is 0 Å². The summed E-state index contributed by atoms with van der Waals surface area (Å²) in [6.45, 7) is 6.17. The maximum atomic E-state index is 12.2. The minimum atomic E-state index is -0.362. The van der Waals surface area contributed by atoms with Crippen molar-refractivity contribution in [3.05, 3.63) is 22.7 Å². The van der Waals surface area contributed by atoms with E-state index < -0.39 is 0 Å². The number of hydrogen-bond acceptors (Lipinski definition) is 4. The van der Waals surface area contributed by atoms with Crippen LogP contribution in [-0.4, -0.2) is 25.7 Å². The molecule has 1 saturated heterocycles. The van der Waals surface area contributed by atoms with Crippen molar-refractivity contribution < 1.29 is 9.53 Å². The quantitative estimate of drug-likeness (QED) is 0.680. The number of carbonyl (C=O) groups is 1. The van der Waals surface area contributed by atoms with Crippen molar-refractivity contribution in [2.45, 2.75) is 33.1 Å². The number of halogens is 1. The number of anilines is 2. The predicted molar refractivity (Wildman–Crippen MR) is 87.0 cm³/mol. The number of benzene rings is 1. The van der Waals surface area contributed by atoms with Gasteiger partial charge in [-0.05, 0) is 37.8 Å². The van der Waals surface area contributed by atoms with Crippen molar-refractivity contribution in [2.24, 2.45) is 5.92 Å². The van der Waals surface area contributed by atoms with Crippen molar-refractivity contribution in [2.75, 3.05) is 30.3 Å². The zero-order chi connectivity index (χ0) is 15.4. The molecular weight excluding hydrogens is 288 g/mol. The molecule has 0 spiro atoms. The van der Waals surface area contributed by atoms with Crippen LogP contribution in [-0.2, 0) is 4.74 Å². The zero-order valence-corrected chi connectivity index (χ0v) is 13.4. The minimum Gasteiger partial charge on any atom is -0.462 e. The van der Waals surface area contributed by atoms with E-state index in [4.69, 9.17) is 22.1 Å². The van der Waals surface area contributed by atoms with E-state index in [0.717, 1.165) is 37.5 Å². The normalized spacial score (nSPS) is 16.0. The molecule has 0 atom stereocenters. The van der Waals surface area contributed by atoms with E-state index in [1.54, 1.807) is 19.1 Å². The Morgan fingerprint density at radius 3 is 2.62 bits per heavy atom. The van der Waals surface area contributed by atoms with Gasteiger partial charge in [0.2, 0.25) is 0 Å². The molecule has 1 aliphatic rings. The summed E-state index contributed by atoms with van der Waals surface area (Å²) in [4.78, 5) is 14.4. The molecule has 1 aliphatic heterocycles. The van der Waals surface area contributed by atoms with E-state index in [1.807, 2.05) is 0 Å². The molecule has 0 saturated carbocycles. The fourth-order valence-electron chi connectivity index (χ4n) is 2.87. The highest BCUT2D eigenvalue weighted by atomic mass is 35.5. The van der Waals surface area contributed by atoms with E-state index in [2.05, 4.69) is 11.8 Å². The molecule has 21 heavy (non-hydrogen) atoms. The summed E-state index contributed by atoms with van der Waals surface area (Å²) in [5.74, 6) is 0.402. The summed E-state index contributed by atoms with van der Waals surface area (Å²) in [6.07, 6.45) is 3.45. The van der Waals surface area contributed by atoms with E-state index in [-0.39, 0.29) is 5.97 Å². The highest BCUT2D eigenvalue weighted by Gasteiger charge is 2.25. The van der Waals surface area contributed by atoms with Gasteiger partial charge in [0.25, 0.3) is 0 Å².